The number of benzene rings is 1. The zero-order chi connectivity index (χ0) is 16.4. The Hall–Kier alpha value is -2.48. The summed E-state index contributed by atoms with van der Waals surface area (Å²) < 4.78 is 38.3. The van der Waals surface area contributed by atoms with Gasteiger partial charge in [-0.2, -0.15) is 13.2 Å². The normalized spacial score (nSPS) is 11.6. The van der Waals surface area contributed by atoms with Gasteiger partial charge in [-0.05, 0) is 29.8 Å². The molecular formula is C15H10F3N3OS. The molecule has 0 radical (unpaired) electrons. The second kappa shape index (κ2) is 5.96. The Morgan fingerprint density at radius 2 is 2.09 bits per heavy atom. The van der Waals surface area contributed by atoms with Crippen LogP contribution in [0, 0.1) is 0 Å². The van der Waals surface area contributed by atoms with Crippen LogP contribution < -0.4 is 5.32 Å². The molecule has 0 saturated carbocycles. The Bertz CT molecular complexity index is 846. The SMILES string of the molecule is O=C(NCc1cccnc1)c1ccc2nc(C(F)(F)F)sc2c1. The van der Waals surface area contributed by atoms with Crippen LogP contribution in [-0.2, 0) is 12.7 Å². The molecule has 2 aromatic heterocycles. The summed E-state index contributed by atoms with van der Waals surface area (Å²) in [4.78, 5) is 19.6. The fourth-order valence-electron chi connectivity index (χ4n) is 1.97. The summed E-state index contributed by atoms with van der Waals surface area (Å²) in [6.07, 6.45) is -1.23. The number of halogens is 3. The van der Waals surface area contributed by atoms with E-state index in [1.807, 2.05) is 6.07 Å². The van der Waals surface area contributed by atoms with E-state index in [4.69, 9.17) is 0 Å². The van der Waals surface area contributed by atoms with Crippen LogP contribution in [0.2, 0.25) is 0 Å². The first-order chi connectivity index (χ1) is 10.9. The highest BCUT2D eigenvalue weighted by atomic mass is 32.1. The molecule has 4 nitrogen and oxygen atoms in total. The molecule has 1 N–H and O–H groups in total. The van der Waals surface area contributed by atoms with Gasteiger partial charge in [0.25, 0.3) is 5.91 Å². The molecule has 1 amide bonds. The zero-order valence-electron chi connectivity index (χ0n) is 11.6. The van der Waals surface area contributed by atoms with Gasteiger partial charge in [0.15, 0.2) is 5.01 Å². The number of hydrogen-bond acceptors (Lipinski definition) is 4. The molecule has 118 valence electrons. The Balaban J connectivity index is 1.78. The van der Waals surface area contributed by atoms with Crippen molar-refractivity contribution in [2.24, 2.45) is 0 Å². The van der Waals surface area contributed by atoms with E-state index in [9.17, 15) is 18.0 Å². The van der Waals surface area contributed by atoms with Crippen molar-refractivity contribution >= 4 is 27.5 Å². The average molecular weight is 337 g/mol. The third-order valence-corrected chi connectivity index (χ3v) is 4.13. The summed E-state index contributed by atoms with van der Waals surface area (Å²) in [6.45, 7) is 0.293. The van der Waals surface area contributed by atoms with Gasteiger partial charge in [-0.1, -0.05) is 6.07 Å². The Labute approximate surface area is 133 Å². The first-order valence-corrected chi connectivity index (χ1v) is 7.40. The molecule has 0 bridgehead atoms. The molecule has 0 aliphatic carbocycles. The number of carbonyl (C=O) groups excluding carboxylic acids is 1. The fourth-order valence-corrected chi connectivity index (χ4v) is 2.85. The highest BCUT2D eigenvalue weighted by Crippen LogP contribution is 2.35. The summed E-state index contributed by atoms with van der Waals surface area (Å²) in [5.74, 6) is -0.363. The third-order valence-electron chi connectivity index (χ3n) is 3.07. The molecule has 0 aliphatic rings. The number of rotatable bonds is 3. The maximum absolute atomic E-state index is 12.7. The lowest BCUT2D eigenvalue weighted by Gasteiger charge is -2.04. The number of nitrogens with zero attached hydrogens (tertiary/aromatic N) is 2. The molecular weight excluding hydrogens is 327 g/mol. The molecule has 0 fully saturated rings. The summed E-state index contributed by atoms with van der Waals surface area (Å²) in [5, 5.41) is 1.78. The van der Waals surface area contributed by atoms with Crippen LogP contribution in [0.3, 0.4) is 0 Å². The van der Waals surface area contributed by atoms with Crippen LogP contribution in [-0.4, -0.2) is 15.9 Å². The van der Waals surface area contributed by atoms with Gasteiger partial charge in [-0.15, -0.1) is 11.3 Å². The van der Waals surface area contributed by atoms with E-state index in [1.165, 1.54) is 18.2 Å². The number of fused-ring (bicyclic) bond motifs is 1. The number of amides is 1. The molecule has 3 aromatic rings. The van der Waals surface area contributed by atoms with E-state index < -0.39 is 11.2 Å². The van der Waals surface area contributed by atoms with Gasteiger partial charge in [-0.3, -0.25) is 9.78 Å². The van der Waals surface area contributed by atoms with Gasteiger partial charge in [0.1, 0.15) is 0 Å². The van der Waals surface area contributed by atoms with E-state index >= 15 is 0 Å². The molecule has 0 atom stereocenters. The number of carbonyl (C=O) groups is 1. The first-order valence-electron chi connectivity index (χ1n) is 6.58. The van der Waals surface area contributed by atoms with Gasteiger partial charge < -0.3 is 5.32 Å². The monoisotopic (exact) mass is 337 g/mol. The van der Waals surface area contributed by atoms with Gasteiger partial charge in [0.05, 0.1) is 10.2 Å². The smallest absolute Gasteiger partial charge is 0.348 e. The van der Waals surface area contributed by atoms with Crippen molar-refractivity contribution in [1.82, 2.24) is 15.3 Å². The topological polar surface area (TPSA) is 54.9 Å². The number of aromatic nitrogens is 2. The summed E-state index contributed by atoms with van der Waals surface area (Å²) in [7, 11) is 0. The molecule has 0 unspecified atom stereocenters. The highest BCUT2D eigenvalue weighted by molar-refractivity contribution is 7.18. The first kappa shape index (κ1) is 15.4. The molecule has 2 heterocycles. The van der Waals surface area contributed by atoms with Gasteiger partial charge in [0.2, 0.25) is 0 Å². The maximum atomic E-state index is 12.7. The van der Waals surface area contributed by atoms with Crippen LogP contribution in [0.1, 0.15) is 20.9 Å². The van der Waals surface area contributed by atoms with E-state index in [1.54, 1.807) is 18.5 Å². The summed E-state index contributed by atoms with van der Waals surface area (Å²) >= 11 is 0.524. The van der Waals surface area contributed by atoms with Gasteiger partial charge in [-0.25, -0.2) is 4.98 Å². The van der Waals surface area contributed by atoms with E-state index in [-0.39, 0.29) is 11.4 Å². The molecule has 8 heteroatoms. The molecule has 0 spiro atoms. The van der Waals surface area contributed by atoms with Crippen molar-refractivity contribution in [3.05, 3.63) is 58.9 Å². The number of alkyl halides is 3. The number of thiazole rings is 1. The zero-order valence-corrected chi connectivity index (χ0v) is 12.4. The average Bonchev–Trinajstić information content (AvgIpc) is 2.97. The Morgan fingerprint density at radius 3 is 2.78 bits per heavy atom. The predicted molar refractivity (Wildman–Crippen MR) is 80.0 cm³/mol. The van der Waals surface area contributed by atoms with Crippen molar-refractivity contribution in [1.29, 1.82) is 0 Å². The van der Waals surface area contributed by atoms with Crippen molar-refractivity contribution < 1.29 is 18.0 Å². The molecule has 1 aromatic carbocycles. The molecule has 3 rings (SSSR count). The number of pyridine rings is 1. The van der Waals surface area contributed by atoms with Crippen molar-refractivity contribution in [3.63, 3.8) is 0 Å². The lowest BCUT2D eigenvalue weighted by molar-refractivity contribution is -0.137. The molecule has 0 aliphatic heterocycles. The van der Waals surface area contributed by atoms with Gasteiger partial charge >= 0.3 is 6.18 Å². The lowest BCUT2D eigenvalue weighted by Crippen LogP contribution is -2.22. The van der Waals surface area contributed by atoms with Crippen LogP contribution in [0.5, 0.6) is 0 Å². The molecule has 23 heavy (non-hydrogen) atoms. The van der Waals surface area contributed by atoms with Crippen LogP contribution in [0.15, 0.2) is 42.7 Å². The Morgan fingerprint density at radius 1 is 1.26 bits per heavy atom. The predicted octanol–water partition coefficient (Wildman–Crippen LogP) is 3.64. The maximum Gasteiger partial charge on any atom is 0.443 e. The molecule has 0 saturated heterocycles. The van der Waals surface area contributed by atoms with E-state index in [0.29, 0.717) is 28.1 Å². The van der Waals surface area contributed by atoms with Gasteiger partial charge in [0, 0.05) is 24.5 Å². The van der Waals surface area contributed by atoms with E-state index in [2.05, 4.69) is 15.3 Å². The third kappa shape index (κ3) is 3.48. The summed E-state index contributed by atoms with van der Waals surface area (Å²) in [5.41, 5.74) is 1.35. The minimum atomic E-state index is -4.48. The number of nitrogens with one attached hydrogen (secondary N) is 1. The van der Waals surface area contributed by atoms with Crippen LogP contribution in [0.4, 0.5) is 13.2 Å². The quantitative estimate of drug-likeness (QED) is 0.794. The minimum Gasteiger partial charge on any atom is -0.348 e. The number of hydrogen-bond donors (Lipinski definition) is 1. The highest BCUT2D eigenvalue weighted by Gasteiger charge is 2.34. The largest absolute Gasteiger partial charge is 0.443 e. The second-order valence-electron chi connectivity index (χ2n) is 4.74. The van der Waals surface area contributed by atoms with Crippen LogP contribution >= 0.6 is 11.3 Å². The Kier molecular flexibility index (Phi) is 3.99. The minimum absolute atomic E-state index is 0.228. The standard InChI is InChI=1S/C15H10F3N3OS/c16-15(17,18)14-21-11-4-3-10(6-12(11)23-14)13(22)20-8-9-2-1-5-19-7-9/h1-7H,8H2,(H,20,22). The fraction of sp³-hybridized carbons (Fsp3) is 0.133. The lowest BCUT2D eigenvalue weighted by atomic mass is 10.2. The van der Waals surface area contributed by atoms with Crippen LogP contribution in [0.25, 0.3) is 10.2 Å². The second-order valence-corrected chi connectivity index (χ2v) is 5.77. The van der Waals surface area contributed by atoms with Crippen molar-refractivity contribution in [2.45, 2.75) is 12.7 Å². The van der Waals surface area contributed by atoms with E-state index in [0.717, 1.165) is 5.56 Å². The van der Waals surface area contributed by atoms with Crippen molar-refractivity contribution in [2.75, 3.05) is 0 Å². The van der Waals surface area contributed by atoms with Crippen molar-refractivity contribution in [3.8, 4) is 0 Å². The summed E-state index contributed by atoms with van der Waals surface area (Å²) in [6, 6.07) is 7.86.